The predicted molar refractivity (Wildman–Crippen MR) is 94.5 cm³/mol. The Hall–Kier alpha value is -2.67. The van der Waals surface area contributed by atoms with Crippen molar-refractivity contribution in [3.8, 4) is 11.3 Å². The van der Waals surface area contributed by atoms with E-state index < -0.39 is 11.7 Å². The Morgan fingerprint density at radius 2 is 1.85 bits per heavy atom. The Kier molecular flexibility index (Phi) is 5.37. The maximum absolute atomic E-state index is 12.5. The Balaban J connectivity index is 1.57. The summed E-state index contributed by atoms with van der Waals surface area (Å²) >= 11 is 1.58. The second-order valence-electron chi connectivity index (χ2n) is 5.71. The molecular weight excluding hydrogens is 361 g/mol. The van der Waals surface area contributed by atoms with Gasteiger partial charge in [-0.1, -0.05) is 12.1 Å². The van der Waals surface area contributed by atoms with Crippen molar-refractivity contribution in [3.05, 3.63) is 76.1 Å². The van der Waals surface area contributed by atoms with Crippen molar-refractivity contribution in [1.29, 1.82) is 0 Å². The lowest BCUT2D eigenvalue weighted by molar-refractivity contribution is -0.137. The predicted octanol–water partition coefficient (Wildman–Crippen LogP) is 4.69. The number of benzene rings is 1. The van der Waals surface area contributed by atoms with Crippen molar-refractivity contribution in [2.75, 3.05) is 0 Å². The van der Waals surface area contributed by atoms with Gasteiger partial charge in [-0.3, -0.25) is 9.78 Å². The van der Waals surface area contributed by atoms with Crippen LogP contribution in [0.15, 0.2) is 59.4 Å². The number of aromatic nitrogens is 1. The third kappa shape index (κ3) is 4.70. The first kappa shape index (κ1) is 18.1. The van der Waals surface area contributed by atoms with Crippen LogP contribution in [0.5, 0.6) is 0 Å². The van der Waals surface area contributed by atoms with Gasteiger partial charge in [0.1, 0.15) is 0 Å². The lowest BCUT2D eigenvalue weighted by atomic mass is 10.1. The maximum Gasteiger partial charge on any atom is 0.416 e. The van der Waals surface area contributed by atoms with Gasteiger partial charge in [0.25, 0.3) is 0 Å². The molecule has 0 saturated heterocycles. The third-order valence-corrected chi connectivity index (χ3v) is 4.46. The van der Waals surface area contributed by atoms with Crippen LogP contribution in [0.4, 0.5) is 13.2 Å². The number of nitrogens with zero attached hydrogens (tertiary/aromatic N) is 1. The fraction of sp³-hybridized carbons (Fsp3) is 0.158. The van der Waals surface area contributed by atoms with Gasteiger partial charge in [0.05, 0.1) is 17.7 Å². The summed E-state index contributed by atoms with van der Waals surface area (Å²) in [6, 6.07) is 10.3. The SMILES string of the molecule is O=C(Cc1ccc(C(F)(F)F)cc1)NCc1ccnc(-c2ccsc2)c1. The average Bonchev–Trinajstić information content (AvgIpc) is 3.15. The summed E-state index contributed by atoms with van der Waals surface area (Å²) in [4.78, 5) is 16.3. The molecule has 0 fully saturated rings. The third-order valence-electron chi connectivity index (χ3n) is 3.78. The van der Waals surface area contributed by atoms with Gasteiger partial charge < -0.3 is 5.32 Å². The number of thiophene rings is 1. The second-order valence-corrected chi connectivity index (χ2v) is 6.49. The molecule has 0 aliphatic heterocycles. The zero-order valence-electron chi connectivity index (χ0n) is 13.6. The summed E-state index contributed by atoms with van der Waals surface area (Å²) in [7, 11) is 0. The number of carbonyl (C=O) groups is 1. The van der Waals surface area contributed by atoms with Crippen LogP contribution in [-0.4, -0.2) is 10.9 Å². The van der Waals surface area contributed by atoms with Crippen molar-refractivity contribution < 1.29 is 18.0 Å². The summed E-state index contributed by atoms with van der Waals surface area (Å²) < 4.78 is 37.6. The van der Waals surface area contributed by atoms with Gasteiger partial charge >= 0.3 is 6.18 Å². The van der Waals surface area contributed by atoms with Gasteiger partial charge in [0.15, 0.2) is 0 Å². The summed E-state index contributed by atoms with van der Waals surface area (Å²) in [5, 5.41) is 6.74. The van der Waals surface area contributed by atoms with Crippen LogP contribution in [0.1, 0.15) is 16.7 Å². The Morgan fingerprint density at radius 3 is 2.50 bits per heavy atom. The van der Waals surface area contributed by atoms with Gasteiger partial charge in [-0.2, -0.15) is 24.5 Å². The molecule has 3 aromatic rings. The highest BCUT2D eigenvalue weighted by Crippen LogP contribution is 2.29. The summed E-state index contributed by atoms with van der Waals surface area (Å²) in [5.41, 5.74) is 2.57. The molecule has 0 bridgehead atoms. The Labute approximate surface area is 152 Å². The van der Waals surface area contributed by atoms with E-state index in [0.29, 0.717) is 12.1 Å². The maximum atomic E-state index is 12.5. The molecule has 0 radical (unpaired) electrons. The zero-order chi connectivity index (χ0) is 18.6. The number of amides is 1. The van der Waals surface area contributed by atoms with Crippen LogP contribution < -0.4 is 5.32 Å². The Bertz CT molecular complexity index is 875. The van der Waals surface area contributed by atoms with Gasteiger partial charge in [-0.05, 0) is 46.8 Å². The van der Waals surface area contributed by atoms with Crippen molar-refractivity contribution in [2.24, 2.45) is 0 Å². The Morgan fingerprint density at radius 1 is 1.08 bits per heavy atom. The highest BCUT2D eigenvalue weighted by molar-refractivity contribution is 7.08. The molecule has 0 aliphatic carbocycles. The second kappa shape index (κ2) is 7.70. The monoisotopic (exact) mass is 376 g/mol. The fourth-order valence-corrected chi connectivity index (χ4v) is 3.06. The summed E-state index contributed by atoms with van der Waals surface area (Å²) in [5.74, 6) is -0.251. The summed E-state index contributed by atoms with van der Waals surface area (Å²) in [6.07, 6.45) is -2.66. The molecule has 134 valence electrons. The molecule has 0 aliphatic rings. The molecular formula is C19H15F3N2OS. The van der Waals surface area contributed by atoms with Crippen LogP contribution in [0.2, 0.25) is 0 Å². The van der Waals surface area contributed by atoms with E-state index >= 15 is 0 Å². The number of hydrogen-bond acceptors (Lipinski definition) is 3. The molecule has 1 aromatic carbocycles. The average molecular weight is 376 g/mol. The number of hydrogen-bond donors (Lipinski definition) is 1. The molecule has 26 heavy (non-hydrogen) atoms. The van der Waals surface area contributed by atoms with Gasteiger partial charge in [-0.15, -0.1) is 0 Å². The number of alkyl halides is 3. The molecule has 3 nitrogen and oxygen atoms in total. The molecule has 0 spiro atoms. The van der Waals surface area contributed by atoms with Crippen LogP contribution >= 0.6 is 11.3 Å². The summed E-state index contributed by atoms with van der Waals surface area (Å²) in [6.45, 7) is 0.332. The van der Waals surface area contributed by atoms with Gasteiger partial charge in [0, 0.05) is 23.7 Å². The van der Waals surface area contributed by atoms with Crippen molar-refractivity contribution >= 4 is 17.2 Å². The van der Waals surface area contributed by atoms with E-state index in [2.05, 4.69) is 10.3 Å². The zero-order valence-corrected chi connectivity index (χ0v) is 14.4. The van der Waals surface area contributed by atoms with Crippen LogP contribution in [0.3, 0.4) is 0 Å². The molecule has 2 aromatic heterocycles. The number of pyridine rings is 1. The quantitative estimate of drug-likeness (QED) is 0.702. The molecule has 0 unspecified atom stereocenters. The topological polar surface area (TPSA) is 42.0 Å². The first-order valence-electron chi connectivity index (χ1n) is 7.82. The lowest BCUT2D eigenvalue weighted by Crippen LogP contribution is -2.24. The number of rotatable bonds is 5. The normalized spacial score (nSPS) is 11.3. The van der Waals surface area contributed by atoms with Crippen molar-refractivity contribution in [2.45, 2.75) is 19.1 Å². The van der Waals surface area contributed by atoms with E-state index in [-0.39, 0.29) is 12.3 Å². The van der Waals surface area contributed by atoms with E-state index in [1.165, 1.54) is 12.1 Å². The molecule has 3 rings (SSSR count). The first-order valence-corrected chi connectivity index (χ1v) is 8.76. The minimum absolute atomic E-state index is 0.0284. The van der Waals surface area contributed by atoms with Gasteiger partial charge in [0.2, 0.25) is 5.91 Å². The number of nitrogens with one attached hydrogen (secondary N) is 1. The highest BCUT2D eigenvalue weighted by Gasteiger charge is 2.29. The minimum Gasteiger partial charge on any atom is -0.352 e. The van der Waals surface area contributed by atoms with Crippen molar-refractivity contribution in [1.82, 2.24) is 10.3 Å². The van der Waals surface area contributed by atoms with Crippen LogP contribution in [-0.2, 0) is 23.9 Å². The van der Waals surface area contributed by atoms with E-state index in [1.54, 1.807) is 17.5 Å². The van der Waals surface area contributed by atoms with E-state index in [4.69, 9.17) is 0 Å². The standard InChI is InChI=1S/C19H15F3N2OS/c20-19(21,22)16-3-1-13(2-4-16)10-18(25)24-11-14-5-7-23-17(9-14)15-6-8-26-12-15/h1-9,12H,10-11H2,(H,24,25). The lowest BCUT2D eigenvalue weighted by Gasteiger charge is -2.09. The smallest absolute Gasteiger partial charge is 0.352 e. The molecule has 1 N–H and O–H groups in total. The molecule has 0 saturated carbocycles. The number of carbonyl (C=O) groups excluding carboxylic acids is 1. The molecule has 7 heteroatoms. The van der Waals surface area contributed by atoms with E-state index in [0.717, 1.165) is 29.0 Å². The first-order chi connectivity index (χ1) is 12.4. The van der Waals surface area contributed by atoms with Crippen LogP contribution in [0, 0.1) is 0 Å². The fourth-order valence-electron chi connectivity index (χ4n) is 2.41. The van der Waals surface area contributed by atoms with E-state index in [1.807, 2.05) is 29.0 Å². The molecule has 0 atom stereocenters. The minimum atomic E-state index is -4.37. The number of halogens is 3. The highest BCUT2D eigenvalue weighted by atomic mass is 32.1. The van der Waals surface area contributed by atoms with Crippen molar-refractivity contribution in [3.63, 3.8) is 0 Å². The largest absolute Gasteiger partial charge is 0.416 e. The van der Waals surface area contributed by atoms with Crippen LogP contribution in [0.25, 0.3) is 11.3 Å². The van der Waals surface area contributed by atoms with Gasteiger partial charge in [-0.25, -0.2) is 0 Å². The molecule has 2 heterocycles. The van der Waals surface area contributed by atoms with E-state index in [9.17, 15) is 18.0 Å². The molecule has 1 amide bonds.